The molecule has 0 aromatic rings. The van der Waals surface area contributed by atoms with Crippen molar-refractivity contribution >= 4 is 11.9 Å². The molecule has 2 saturated carbocycles. The van der Waals surface area contributed by atoms with E-state index in [1.165, 1.54) is 19.3 Å². The number of carboxylic acid groups (broad SMARTS) is 1. The van der Waals surface area contributed by atoms with Crippen LogP contribution in [0, 0.1) is 17.8 Å². The summed E-state index contributed by atoms with van der Waals surface area (Å²) < 4.78 is 0. The molecule has 1 N–H and O–H groups in total. The molecule has 1 amide bonds. The lowest BCUT2D eigenvalue weighted by Crippen LogP contribution is -2.49. The third kappa shape index (κ3) is 2.57. The molecule has 1 aliphatic heterocycles. The molecule has 4 atom stereocenters. The van der Waals surface area contributed by atoms with E-state index in [-0.39, 0.29) is 17.7 Å². The number of carbonyl (C=O) groups excluding carboxylic acids is 1. The molecular weight excluding hydrogens is 254 g/mol. The van der Waals surface area contributed by atoms with Gasteiger partial charge in [-0.2, -0.15) is 0 Å². The molecule has 0 aromatic heterocycles. The van der Waals surface area contributed by atoms with Gasteiger partial charge in [-0.25, -0.2) is 0 Å². The minimum atomic E-state index is -0.722. The van der Waals surface area contributed by atoms with Gasteiger partial charge >= 0.3 is 5.97 Å². The molecule has 1 heterocycles. The van der Waals surface area contributed by atoms with E-state index in [1.807, 2.05) is 0 Å². The summed E-state index contributed by atoms with van der Waals surface area (Å²) in [5.41, 5.74) is 0. The monoisotopic (exact) mass is 279 g/mol. The average Bonchev–Trinajstić information content (AvgIpc) is 2.95. The quantitative estimate of drug-likeness (QED) is 0.845. The van der Waals surface area contributed by atoms with Crippen molar-refractivity contribution in [3.05, 3.63) is 0 Å². The van der Waals surface area contributed by atoms with Crippen molar-refractivity contribution in [2.24, 2.45) is 17.8 Å². The minimum absolute atomic E-state index is 0.0378. The molecule has 112 valence electrons. The number of carboxylic acids is 1. The number of likely N-dealkylation sites (tertiary alicyclic amines) is 1. The lowest BCUT2D eigenvalue weighted by molar-refractivity contribution is -0.147. The Morgan fingerprint density at radius 1 is 0.900 bits per heavy atom. The molecule has 3 fully saturated rings. The maximum atomic E-state index is 12.8. The van der Waals surface area contributed by atoms with Gasteiger partial charge in [0.25, 0.3) is 0 Å². The molecule has 4 unspecified atom stereocenters. The predicted molar refractivity (Wildman–Crippen MR) is 75.2 cm³/mol. The van der Waals surface area contributed by atoms with Crippen LogP contribution in [0.3, 0.4) is 0 Å². The van der Waals surface area contributed by atoms with Crippen molar-refractivity contribution in [1.29, 1.82) is 0 Å². The van der Waals surface area contributed by atoms with Crippen LogP contribution in [0.25, 0.3) is 0 Å². The Balaban J connectivity index is 1.66. The zero-order valence-corrected chi connectivity index (χ0v) is 12.1. The van der Waals surface area contributed by atoms with Crippen molar-refractivity contribution < 1.29 is 14.7 Å². The van der Waals surface area contributed by atoms with E-state index in [2.05, 4.69) is 4.90 Å². The van der Waals surface area contributed by atoms with Gasteiger partial charge in [-0.3, -0.25) is 9.59 Å². The molecule has 0 bridgehead atoms. The van der Waals surface area contributed by atoms with Gasteiger partial charge < -0.3 is 10.0 Å². The maximum absolute atomic E-state index is 12.8. The van der Waals surface area contributed by atoms with E-state index in [1.54, 1.807) is 0 Å². The van der Waals surface area contributed by atoms with E-state index < -0.39 is 5.97 Å². The number of piperidine rings is 1. The smallest absolute Gasteiger partial charge is 0.306 e. The second-order valence-electron chi connectivity index (χ2n) is 6.83. The van der Waals surface area contributed by atoms with Crippen molar-refractivity contribution in [2.45, 2.75) is 63.8 Å². The van der Waals surface area contributed by atoms with Crippen molar-refractivity contribution in [3.63, 3.8) is 0 Å². The summed E-state index contributed by atoms with van der Waals surface area (Å²) in [6.45, 7) is 0.897. The Labute approximate surface area is 120 Å². The van der Waals surface area contributed by atoms with Crippen LogP contribution in [0.4, 0.5) is 0 Å². The highest BCUT2D eigenvalue weighted by atomic mass is 16.4. The van der Waals surface area contributed by atoms with Gasteiger partial charge in [-0.15, -0.1) is 0 Å². The van der Waals surface area contributed by atoms with Crippen molar-refractivity contribution in [1.82, 2.24) is 4.90 Å². The lowest BCUT2D eigenvalue weighted by atomic mass is 9.80. The summed E-state index contributed by atoms with van der Waals surface area (Å²) in [6, 6.07) is 0.460. The Hall–Kier alpha value is -1.06. The Kier molecular flexibility index (Phi) is 3.99. The fraction of sp³-hybridized carbons (Fsp3) is 0.875. The fourth-order valence-electron chi connectivity index (χ4n) is 4.60. The molecule has 4 heteroatoms. The van der Waals surface area contributed by atoms with Gasteiger partial charge in [0.2, 0.25) is 5.91 Å². The highest BCUT2D eigenvalue weighted by molar-refractivity contribution is 5.80. The van der Waals surface area contributed by atoms with Crippen LogP contribution in [0.1, 0.15) is 57.8 Å². The lowest BCUT2D eigenvalue weighted by Gasteiger charge is -2.40. The molecule has 3 rings (SSSR count). The van der Waals surface area contributed by atoms with E-state index >= 15 is 0 Å². The molecule has 20 heavy (non-hydrogen) atoms. The fourth-order valence-corrected chi connectivity index (χ4v) is 4.60. The summed E-state index contributed by atoms with van der Waals surface area (Å²) in [5, 5.41) is 9.17. The molecule has 3 aliphatic rings. The van der Waals surface area contributed by atoms with Crippen LogP contribution in [0.15, 0.2) is 0 Å². The molecule has 2 aliphatic carbocycles. The van der Waals surface area contributed by atoms with E-state index in [9.17, 15) is 14.7 Å². The van der Waals surface area contributed by atoms with E-state index in [0.29, 0.717) is 18.4 Å². The number of nitrogens with zero attached hydrogens (tertiary/aromatic N) is 1. The molecule has 0 spiro atoms. The molecule has 0 radical (unpaired) electrons. The van der Waals surface area contributed by atoms with Crippen LogP contribution in [-0.2, 0) is 9.59 Å². The summed E-state index contributed by atoms with van der Waals surface area (Å²) in [7, 11) is 0. The van der Waals surface area contributed by atoms with Gasteiger partial charge in [-0.1, -0.05) is 12.8 Å². The van der Waals surface area contributed by atoms with Crippen LogP contribution in [0.2, 0.25) is 0 Å². The first kappa shape index (κ1) is 13.9. The third-order valence-electron chi connectivity index (χ3n) is 5.65. The summed E-state index contributed by atoms with van der Waals surface area (Å²) in [5.74, 6) is -0.0925. The highest BCUT2D eigenvalue weighted by Gasteiger charge is 2.40. The Bertz CT molecular complexity index is 395. The van der Waals surface area contributed by atoms with E-state index in [4.69, 9.17) is 0 Å². The van der Waals surface area contributed by atoms with E-state index in [0.717, 1.165) is 38.6 Å². The molecule has 1 saturated heterocycles. The number of carbonyl (C=O) groups is 2. The van der Waals surface area contributed by atoms with Crippen molar-refractivity contribution in [2.75, 3.05) is 6.54 Å². The van der Waals surface area contributed by atoms with Gasteiger partial charge in [0, 0.05) is 18.5 Å². The molecule has 4 nitrogen and oxygen atoms in total. The number of hydrogen-bond donors (Lipinski definition) is 1. The first-order valence-corrected chi connectivity index (χ1v) is 8.20. The normalized spacial score (nSPS) is 37.5. The summed E-state index contributed by atoms with van der Waals surface area (Å²) >= 11 is 0. The summed E-state index contributed by atoms with van der Waals surface area (Å²) in [4.78, 5) is 26.1. The van der Waals surface area contributed by atoms with Crippen molar-refractivity contribution in [3.8, 4) is 0 Å². The third-order valence-corrected chi connectivity index (χ3v) is 5.65. The number of hydrogen-bond acceptors (Lipinski definition) is 2. The second-order valence-corrected chi connectivity index (χ2v) is 6.83. The zero-order chi connectivity index (χ0) is 14.1. The second kappa shape index (κ2) is 5.74. The van der Waals surface area contributed by atoms with Crippen LogP contribution in [-0.4, -0.2) is 34.5 Å². The van der Waals surface area contributed by atoms with Gasteiger partial charge in [-0.05, 0) is 50.9 Å². The number of fused-ring (bicyclic) bond motifs is 1. The van der Waals surface area contributed by atoms with Gasteiger partial charge in [0.05, 0.1) is 5.92 Å². The predicted octanol–water partition coefficient (Wildman–Crippen LogP) is 2.67. The highest BCUT2D eigenvalue weighted by Crippen LogP contribution is 2.39. The standard InChI is InChI=1S/C16H25NO3/c18-15(12-5-1-6-13(10-12)16(19)20)17-9-3-7-11-4-2-8-14(11)17/h11-14H,1-10H2,(H,19,20). The number of amides is 1. The molecule has 0 aromatic carbocycles. The first-order valence-electron chi connectivity index (χ1n) is 8.20. The topological polar surface area (TPSA) is 57.6 Å². The maximum Gasteiger partial charge on any atom is 0.306 e. The number of aliphatic carboxylic acids is 1. The zero-order valence-electron chi connectivity index (χ0n) is 12.1. The van der Waals surface area contributed by atoms with Crippen LogP contribution >= 0.6 is 0 Å². The largest absolute Gasteiger partial charge is 0.481 e. The number of rotatable bonds is 2. The average molecular weight is 279 g/mol. The first-order chi connectivity index (χ1) is 9.66. The minimum Gasteiger partial charge on any atom is -0.481 e. The van der Waals surface area contributed by atoms with Crippen LogP contribution < -0.4 is 0 Å². The van der Waals surface area contributed by atoms with Crippen LogP contribution in [0.5, 0.6) is 0 Å². The van der Waals surface area contributed by atoms with Gasteiger partial charge in [0.1, 0.15) is 0 Å². The molecular formula is C16H25NO3. The Morgan fingerprint density at radius 3 is 2.40 bits per heavy atom. The summed E-state index contributed by atoms with van der Waals surface area (Å²) in [6.07, 6.45) is 9.15. The van der Waals surface area contributed by atoms with Gasteiger partial charge in [0.15, 0.2) is 0 Å². The SMILES string of the molecule is O=C(O)C1CCCC(C(=O)N2CCCC3CCCC32)C1. The Morgan fingerprint density at radius 2 is 1.60 bits per heavy atom.